The van der Waals surface area contributed by atoms with E-state index in [1.165, 1.54) is 6.92 Å². The van der Waals surface area contributed by atoms with Crippen LogP contribution in [-0.2, 0) is 9.53 Å². The summed E-state index contributed by atoms with van der Waals surface area (Å²) in [5.41, 5.74) is 0. The molecule has 1 unspecified atom stereocenters. The molecule has 3 heteroatoms. The van der Waals surface area contributed by atoms with Crippen LogP contribution in [0.3, 0.4) is 0 Å². The summed E-state index contributed by atoms with van der Waals surface area (Å²) < 4.78 is 4.87. The van der Waals surface area contributed by atoms with Gasteiger partial charge in [-0.2, -0.15) is 0 Å². The Labute approximate surface area is 73.7 Å². The van der Waals surface area contributed by atoms with Crippen molar-refractivity contribution in [3.05, 3.63) is 0 Å². The smallest absolute Gasteiger partial charge is 0.135 e. The van der Waals surface area contributed by atoms with E-state index in [0.717, 1.165) is 25.9 Å². The van der Waals surface area contributed by atoms with Crippen molar-refractivity contribution < 1.29 is 14.6 Å². The fourth-order valence-corrected chi connectivity index (χ4v) is 1.06. The maximum Gasteiger partial charge on any atom is 0.135 e. The molecular weight excluding hydrogens is 156 g/mol. The molecule has 0 spiro atoms. The van der Waals surface area contributed by atoms with E-state index >= 15 is 0 Å². The van der Waals surface area contributed by atoms with Gasteiger partial charge in [0.2, 0.25) is 0 Å². The minimum absolute atomic E-state index is 0.0255. The first kappa shape index (κ1) is 11.6. The van der Waals surface area contributed by atoms with Gasteiger partial charge in [-0.25, -0.2) is 0 Å². The quantitative estimate of drug-likeness (QED) is 0.586. The number of unbranched alkanes of at least 4 members (excludes halogenated alkanes) is 1. The molecule has 0 aromatic heterocycles. The fraction of sp³-hybridized carbons (Fsp3) is 0.889. The molecule has 12 heavy (non-hydrogen) atoms. The normalized spacial score (nSPS) is 12.9. The molecule has 0 aromatic rings. The molecular formula is C9H18O3. The first-order chi connectivity index (χ1) is 5.72. The summed E-state index contributed by atoms with van der Waals surface area (Å²) in [6.45, 7) is 2.23. The van der Waals surface area contributed by atoms with Gasteiger partial charge in [0, 0.05) is 19.6 Å². The number of aliphatic hydroxyl groups is 1. The van der Waals surface area contributed by atoms with E-state index in [0.29, 0.717) is 0 Å². The third-order valence-electron chi connectivity index (χ3n) is 1.95. The van der Waals surface area contributed by atoms with Crippen LogP contribution in [0.4, 0.5) is 0 Å². The van der Waals surface area contributed by atoms with Crippen LogP contribution in [-0.4, -0.2) is 31.2 Å². The van der Waals surface area contributed by atoms with Crippen molar-refractivity contribution in [2.75, 3.05) is 20.3 Å². The average Bonchev–Trinajstić information content (AvgIpc) is 2.04. The topological polar surface area (TPSA) is 46.5 Å². The zero-order chi connectivity index (χ0) is 9.40. The highest BCUT2D eigenvalue weighted by molar-refractivity contribution is 5.78. The van der Waals surface area contributed by atoms with Crippen LogP contribution in [0.2, 0.25) is 0 Å². The van der Waals surface area contributed by atoms with Crippen LogP contribution in [0.1, 0.15) is 26.2 Å². The third-order valence-corrected chi connectivity index (χ3v) is 1.95. The molecule has 0 saturated heterocycles. The Hall–Kier alpha value is -0.410. The molecule has 3 nitrogen and oxygen atoms in total. The SMILES string of the molecule is COCCCCC(CO)C(C)=O. The minimum Gasteiger partial charge on any atom is -0.396 e. The molecule has 0 aliphatic carbocycles. The van der Waals surface area contributed by atoms with Crippen molar-refractivity contribution >= 4 is 5.78 Å². The van der Waals surface area contributed by atoms with E-state index in [1.807, 2.05) is 0 Å². The minimum atomic E-state index is -0.165. The van der Waals surface area contributed by atoms with Crippen LogP contribution in [0, 0.1) is 5.92 Å². The fourth-order valence-electron chi connectivity index (χ4n) is 1.06. The largest absolute Gasteiger partial charge is 0.396 e. The van der Waals surface area contributed by atoms with Crippen molar-refractivity contribution in [1.82, 2.24) is 0 Å². The number of rotatable bonds is 7. The van der Waals surface area contributed by atoms with Gasteiger partial charge >= 0.3 is 0 Å². The Morgan fingerprint density at radius 2 is 2.17 bits per heavy atom. The lowest BCUT2D eigenvalue weighted by Gasteiger charge is -2.09. The van der Waals surface area contributed by atoms with Crippen LogP contribution in [0.15, 0.2) is 0 Å². The van der Waals surface area contributed by atoms with Crippen molar-refractivity contribution in [2.45, 2.75) is 26.2 Å². The molecule has 1 N–H and O–H groups in total. The van der Waals surface area contributed by atoms with Gasteiger partial charge in [0.05, 0.1) is 6.61 Å². The van der Waals surface area contributed by atoms with Crippen molar-refractivity contribution in [1.29, 1.82) is 0 Å². The second-order valence-electron chi connectivity index (χ2n) is 2.98. The molecule has 0 heterocycles. The number of hydrogen-bond acceptors (Lipinski definition) is 3. The van der Waals surface area contributed by atoms with Gasteiger partial charge in [0.15, 0.2) is 0 Å². The predicted octanol–water partition coefficient (Wildman–Crippen LogP) is 1.00. The Morgan fingerprint density at radius 1 is 1.50 bits per heavy atom. The highest BCUT2D eigenvalue weighted by Crippen LogP contribution is 2.08. The second kappa shape index (κ2) is 7.25. The molecule has 0 aliphatic rings. The lowest BCUT2D eigenvalue weighted by atomic mass is 9.99. The zero-order valence-electron chi connectivity index (χ0n) is 7.88. The number of hydrogen-bond donors (Lipinski definition) is 1. The van der Waals surface area contributed by atoms with E-state index in [-0.39, 0.29) is 18.3 Å². The van der Waals surface area contributed by atoms with Crippen LogP contribution in [0.25, 0.3) is 0 Å². The lowest BCUT2D eigenvalue weighted by molar-refractivity contribution is -0.122. The van der Waals surface area contributed by atoms with Crippen LogP contribution in [0.5, 0.6) is 0 Å². The number of carbonyl (C=O) groups is 1. The maximum atomic E-state index is 10.8. The predicted molar refractivity (Wildman–Crippen MR) is 47.0 cm³/mol. The summed E-state index contributed by atoms with van der Waals surface area (Å²) in [6.07, 6.45) is 2.67. The van der Waals surface area contributed by atoms with Gasteiger partial charge in [-0.05, 0) is 19.8 Å². The number of Topliss-reactive ketones (excluding diaryl/α,β-unsaturated/α-hetero) is 1. The monoisotopic (exact) mass is 174 g/mol. The zero-order valence-corrected chi connectivity index (χ0v) is 7.88. The molecule has 0 aromatic carbocycles. The summed E-state index contributed by atoms with van der Waals surface area (Å²) >= 11 is 0. The van der Waals surface area contributed by atoms with Gasteiger partial charge in [-0.1, -0.05) is 6.42 Å². The summed E-state index contributed by atoms with van der Waals surface area (Å²) in [5.74, 6) is -0.0863. The third kappa shape index (κ3) is 5.27. The van der Waals surface area contributed by atoms with Gasteiger partial charge < -0.3 is 9.84 Å². The molecule has 0 saturated carbocycles. The molecule has 0 bridgehead atoms. The summed E-state index contributed by atoms with van der Waals surface area (Å²) in [5, 5.41) is 8.80. The molecule has 0 amide bonds. The van der Waals surface area contributed by atoms with Crippen molar-refractivity contribution in [2.24, 2.45) is 5.92 Å². The Bertz CT molecular complexity index is 123. The second-order valence-corrected chi connectivity index (χ2v) is 2.98. The van der Waals surface area contributed by atoms with E-state index < -0.39 is 0 Å². The number of ketones is 1. The molecule has 0 fully saturated rings. The first-order valence-electron chi connectivity index (χ1n) is 4.32. The molecule has 1 atom stereocenters. The van der Waals surface area contributed by atoms with Crippen molar-refractivity contribution in [3.8, 4) is 0 Å². The number of aliphatic hydroxyl groups excluding tert-OH is 1. The maximum absolute atomic E-state index is 10.8. The standard InChI is InChI=1S/C9H18O3/c1-8(11)9(7-10)5-3-4-6-12-2/h9-10H,3-7H2,1-2H3. The highest BCUT2D eigenvalue weighted by Gasteiger charge is 2.11. The highest BCUT2D eigenvalue weighted by atomic mass is 16.5. The number of methoxy groups -OCH3 is 1. The summed E-state index contributed by atoms with van der Waals surface area (Å²) in [6, 6.07) is 0. The van der Waals surface area contributed by atoms with Gasteiger partial charge in [-0.3, -0.25) is 4.79 Å². The summed E-state index contributed by atoms with van der Waals surface area (Å²) in [4.78, 5) is 10.8. The first-order valence-corrected chi connectivity index (χ1v) is 4.32. The average molecular weight is 174 g/mol. The van der Waals surface area contributed by atoms with Gasteiger partial charge in [0.1, 0.15) is 5.78 Å². The number of carbonyl (C=O) groups excluding carboxylic acids is 1. The van der Waals surface area contributed by atoms with E-state index in [9.17, 15) is 4.79 Å². The molecule has 0 aliphatic heterocycles. The Balaban J connectivity index is 3.38. The Kier molecular flexibility index (Phi) is 7.00. The van der Waals surface area contributed by atoms with E-state index in [1.54, 1.807) is 7.11 Å². The molecule has 0 rings (SSSR count). The Morgan fingerprint density at radius 3 is 2.58 bits per heavy atom. The van der Waals surface area contributed by atoms with E-state index in [2.05, 4.69) is 0 Å². The molecule has 72 valence electrons. The van der Waals surface area contributed by atoms with E-state index in [4.69, 9.17) is 9.84 Å². The van der Waals surface area contributed by atoms with Crippen LogP contribution >= 0.6 is 0 Å². The molecule has 0 radical (unpaired) electrons. The lowest BCUT2D eigenvalue weighted by Crippen LogP contribution is -2.15. The van der Waals surface area contributed by atoms with Crippen LogP contribution < -0.4 is 0 Å². The number of ether oxygens (including phenoxy) is 1. The van der Waals surface area contributed by atoms with Gasteiger partial charge in [0.25, 0.3) is 0 Å². The summed E-state index contributed by atoms with van der Waals surface area (Å²) in [7, 11) is 1.66. The van der Waals surface area contributed by atoms with Crippen molar-refractivity contribution in [3.63, 3.8) is 0 Å². The van der Waals surface area contributed by atoms with Gasteiger partial charge in [-0.15, -0.1) is 0 Å².